The van der Waals surface area contributed by atoms with Crippen LogP contribution in [0, 0.1) is 0 Å². The molecule has 0 bridgehead atoms. The number of aliphatic hydroxyl groups excluding tert-OH is 2. The second kappa shape index (κ2) is 9.89. The number of nitrogen functional groups attached to an aromatic ring is 2. The number of aromatic nitrogens is 6. The van der Waals surface area contributed by atoms with Crippen LogP contribution in [-0.2, 0) is 9.59 Å². The fourth-order valence-electron chi connectivity index (χ4n) is 1.12. The fraction of sp³-hybridized carbons (Fsp3) is 0.200. The molecule has 0 aliphatic rings. The molecule has 0 saturated heterocycles. The molecule has 0 radical (unpaired) electrons. The summed E-state index contributed by atoms with van der Waals surface area (Å²) in [6, 6.07) is -0.670. The van der Waals surface area contributed by atoms with Crippen LogP contribution < -0.4 is 16.2 Å². The summed E-state index contributed by atoms with van der Waals surface area (Å²) in [5, 5.41) is 26.0. The molecule has 7 N–H and O–H groups in total. The summed E-state index contributed by atoms with van der Waals surface area (Å²) in [5.41, 5.74) is 3.69. The average molecular weight is 446 g/mol. The van der Waals surface area contributed by atoms with Crippen LogP contribution in [0.15, 0.2) is 0 Å². The third-order valence-electron chi connectivity index (χ3n) is 2.15. The normalized spacial score (nSPS) is 13.1. The van der Waals surface area contributed by atoms with Gasteiger partial charge in [-0.2, -0.15) is 29.9 Å². The second-order valence-corrected chi connectivity index (χ2v) is 5.07. The second-order valence-electron chi connectivity index (χ2n) is 4.06. The van der Waals surface area contributed by atoms with Crippen molar-refractivity contribution in [3.8, 4) is 6.01 Å². The lowest BCUT2D eigenvalue weighted by Crippen LogP contribution is -2.42. The Morgan fingerprint density at radius 1 is 0.889 bits per heavy atom. The predicted octanol–water partition coefficient (Wildman–Crippen LogP) is -1.42. The van der Waals surface area contributed by atoms with Gasteiger partial charge in [0.05, 0.1) is 0 Å². The third kappa shape index (κ3) is 7.63. The Labute approximate surface area is 167 Å². The Bertz CT molecular complexity index is 863. The van der Waals surface area contributed by atoms with Crippen molar-refractivity contribution >= 4 is 58.6 Å². The number of halogens is 3. The first-order valence-corrected chi connectivity index (χ1v) is 7.35. The molecule has 17 heteroatoms. The van der Waals surface area contributed by atoms with Gasteiger partial charge in [0.25, 0.3) is 0 Å². The summed E-state index contributed by atoms with van der Waals surface area (Å²) in [6.07, 6.45) is -4.70. The number of carbonyl (C=O) groups is 2. The molecule has 2 atom stereocenters. The van der Waals surface area contributed by atoms with E-state index in [1.54, 1.807) is 5.73 Å². The molecule has 0 aliphatic carbocycles. The van der Waals surface area contributed by atoms with E-state index in [0.29, 0.717) is 0 Å². The molecule has 27 heavy (non-hydrogen) atoms. The topological polar surface area (TPSA) is 233 Å². The van der Waals surface area contributed by atoms with Crippen LogP contribution in [0.2, 0.25) is 18.7 Å². The minimum Gasteiger partial charge on any atom is -0.479 e. The van der Waals surface area contributed by atoms with Gasteiger partial charge in [-0.1, -0.05) is 0 Å². The fourth-order valence-corrected chi connectivity index (χ4v) is 1.63. The first kappa shape index (κ1) is 19.1. The predicted molar refractivity (Wildman–Crippen MR) is 88.8 cm³/mol. The van der Waals surface area contributed by atoms with Crippen LogP contribution in [0.4, 0.5) is 11.9 Å². The Morgan fingerprint density at radius 3 is 1.85 bits per heavy atom. The van der Waals surface area contributed by atoms with Crippen molar-refractivity contribution in [2.75, 3.05) is 11.5 Å². The minimum atomic E-state index is -2.36. The van der Waals surface area contributed by atoms with E-state index in [-0.39, 0.29) is 22.5 Å². The molecule has 0 spiro atoms. The smallest absolute Gasteiger partial charge is 0.346 e. The number of aliphatic hydroxyl groups is 2. The van der Waals surface area contributed by atoms with Crippen molar-refractivity contribution in [2.45, 2.75) is 12.2 Å². The molecule has 2 heterocycles. The molecule has 0 fully saturated rings. The van der Waals surface area contributed by atoms with Crippen LogP contribution in [0.5, 0.6) is 6.01 Å². The van der Waals surface area contributed by atoms with E-state index in [2.05, 4.69) is 34.6 Å². The van der Waals surface area contributed by atoms with E-state index in [1.165, 1.54) is 0 Å². The molecular formula is C10H9Cl3N8O6. The molecule has 2 aromatic heterocycles. The van der Waals surface area contributed by atoms with Crippen molar-refractivity contribution in [1.29, 1.82) is 0 Å². The van der Waals surface area contributed by atoms with Gasteiger partial charge < -0.3 is 31.5 Å². The van der Waals surface area contributed by atoms with Gasteiger partial charge in [0.2, 0.25) is 27.7 Å². The Morgan fingerprint density at radius 2 is 1.37 bits per heavy atom. The summed E-state index contributed by atoms with van der Waals surface area (Å²) in [4.78, 5) is 42.2. The summed E-state index contributed by atoms with van der Waals surface area (Å²) in [6.45, 7) is 0. The first-order chi connectivity index (χ1) is 13.6. The van der Waals surface area contributed by atoms with Crippen LogP contribution in [0.3, 0.4) is 0 Å². The van der Waals surface area contributed by atoms with Gasteiger partial charge in [-0.05, 0) is 34.8 Å². The lowest BCUT2D eigenvalue weighted by atomic mass is 10.2. The molecule has 146 valence electrons. The number of esters is 1. The maximum absolute atomic E-state index is 11.3. The Kier molecular flexibility index (Phi) is 7.00. The number of carboxylic acids is 1. The number of rotatable bonds is 6. The van der Waals surface area contributed by atoms with Gasteiger partial charge in [-0.3, -0.25) is 0 Å². The van der Waals surface area contributed by atoms with Gasteiger partial charge in [0.1, 0.15) is 0 Å². The molecule has 2 unspecified atom stereocenters. The molecule has 2 aromatic rings. The van der Waals surface area contributed by atoms with Crippen molar-refractivity contribution in [1.82, 2.24) is 29.9 Å². The monoisotopic (exact) mass is 444 g/mol. The number of hydrogen-bond acceptors (Lipinski definition) is 13. The van der Waals surface area contributed by atoms with E-state index >= 15 is 0 Å². The number of hydrogen-bond donors (Lipinski definition) is 5. The maximum Gasteiger partial charge on any atom is 0.346 e. The standard InChI is InChI=1S/C7H7ClN4O6.C3H2Cl2N4/c8-5-10-6(9)12-7(11-5)18-4(17)2(14)1(13)3(15)16;4-1-7-2(5)9-3(6)8-1/h1-2,13-14H,(H,15,16)(H2,9,10,11,12);(H2,6,7,8,9)/i/hD2. The van der Waals surface area contributed by atoms with Gasteiger partial charge in [0.15, 0.2) is 15.0 Å². The van der Waals surface area contributed by atoms with E-state index in [1.807, 2.05) is 5.73 Å². The molecular weight excluding hydrogens is 435 g/mol. The summed E-state index contributed by atoms with van der Waals surface area (Å²) in [5.74, 6) is -3.62. The number of carboxylic acid groups (broad SMARTS) is 1. The number of aliphatic carboxylic acids is 1. The van der Waals surface area contributed by atoms with Crippen molar-refractivity contribution in [3.63, 3.8) is 0 Å². The Hall–Kier alpha value is -2.65. The van der Waals surface area contributed by atoms with Gasteiger partial charge in [-0.25, -0.2) is 9.59 Å². The molecule has 0 aromatic carbocycles. The first-order valence-electron chi connectivity index (χ1n) is 7.22. The highest BCUT2D eigenvalue weighted by Crippen LogP contribution is 2.10. The highest BCUT2D eigenvalue weighted by atomic mass is 35.5. The summed E-state index contributed by atoms with van der Waals surface area (Å²) in [7, 11) is 0. The number of nitrogens with zero attached hydrogens (tertiary/aromatic N) is 6. The van der Waals surface area contributed by atoms with E-state index in [0.717, 1.165) is 0 Å². The molecule has 0 aliphatic heterocycles. The third-order valence-corrected chi connectivity index (χ3v) is 2.66. The molecule has 2 rings (SSSR count). The SMILES string of the molecule is [2H]Nc1nc(Cl)nc(Cl)n1.[2H]Nc1nc(Cl)nc(OC(=O)C(O)C(O)C(=O)O)n1. The van der Waals surface area contributed by atoms with Gasteiger partial charge in [0, 0.05) is 0 Å². The zero-order valence-corrected chi connectivity index (χ0v) is 14.8. The zero-order valence-electron chi connectivity index (χ0n) is 14.5. The van der Waals surface area contributed by atoms with Crippen LogP contribution >= 0.6 is 34.8 Å². The summed E-state index contributed by atoms with van der Waals surface area (Å²) < 4.78 is 17.8. The average Bonchev–Trinajstić information content (AvgIpc) is 2.65. The van der Waals surface area contributed by atoms with Crippen molar-refractivity contribution < 1.29 is 32.5 Å². The van der Waals surface area contributed by atoms with Gasteiger partial charge >= 0.3 is 17.9 Å². The van der Waals surface area contributed by atoms with Crippen LogP contribution in [0.25, 0.3) is 0 Å². The molecule has 0 amide bonds. The minimum absolute atomic E-state index is 0.0324. The molecule has 14 nitrogen and oxygen atoms in total. The van der Waals surface area contributed by atoms with E-state index in [4.69, 9.17) is 52.9 Å². The van der Waals surface area contributed by atoms with Crippen molar-refractivity contribution in [2.24, 2.45) is 0 Å². The summed E-state index contributed by atoms with van der Waals surface area (Å²) >= 11 is 16.1. The highest BCUT2D eigenvalue weighted by molar-refractivity contribution is 6.31. The van der Waals surface area contributed by atoms with E-state index < -0.39 is 35.4 Å². The number of ether oxygens (including phenoxy) is 1. The number of anilines is 2. The largest absolute Gasteiger partial charge is 0.479 e. The van der Waals surface area contributed by atoms with Crippen LogP contribution in [-0.4, -0.2) is 69.4 Å². The van der Waals surface area contributed by atoms with E-state index in [9.17, 15) is 9.59 Å². The highest BCUT2D eigenvalue weighted by Gasteiger charge is 2.32. The van der Waals surface area contributed by atoms with Gasteiger partial charge in [-0.15, -0.1) is 0 Å². The van der Waals surface area contributed by atoms with Crippen LogP contribution in [0.1, 0.15) is 0 Å². The molecule has 0 saturated carbocycles. The number of carbonyl (C=O) groups excluding carboxylic acids is 1. The van der Waals surface area contributed by atoms with Crippen molar-refractivity contribution in [3.05, 3.63) is 15.9 Å². The maximum atomic E-state index is 11.3. The Balaban J connectivity index is 0.000000352. The quantitative estimate of drug-likeness (QED) is 0.321. The lowest BCUT2D eigenvalue weighted by Gasteiger charge is -2.11. The number of nitrogens with two attached hydrogens (primary N) is 2. The lowest BCUT2D eigenvalue weighted by molar-refractivity contribution is -0.164. The zero-order chi connectivity index (χ0) is 22.1.